The van der Waals surface area contributed by atoms with Crippen molar-refractivity contribution in [1.29, 1.82) is 0 Å². The van der Waals surface area contributed by atoms with Gasteiger partial charge in [-0.05, 0) is 105 Å². The number of carboxylic acid groups (broad SMARTS) is 1. The van der Waals surface area contributed by atoms with Gasteiger partial charge in [-0.25, -0.2) is 4.39 Å². The number of piperidine rings is 1. The predicted octanol–water partition coefficient (Wildman–Crippen LogP) is 11.1. The Bertz CT molecular complexity index is 924. The van der Waals surface area contributed by atoms with Crippen molar-refractivity contribution in [2.24, 2.45) is 29.6 Å². The fourth-order valence-electron chi connectivity index (χ4n) is 6.77. The Hall–Kier alpha value is -2.20. The van der Waals surface area contributed by atoms with E-state index in [1.165, 1.54) is 89.4 Å². The van der Waals surface area contributed by atoms with Crippen LogP contribution in [0.5, 0.6) is 0 Å². The minimum atomic E-state index is -0.682. The molecule has 0 spiro atoms. The number of carboxylic acids is 1. The third-order valence-corrected chi connectivity index (χ3v) is 9.94. The van der Waals surface area contributed by atoms with E-state index in [1.54, 1.807) is 12.1 Å². The summed E-state index contributed by atoms with van der Waals surface area (Å²) < 4.78 is 12.9. The van der Waals surface area contributed by atoms with E-state index in [4.69, 9.17) is 5.11 Å². The fourth-order valence-corrected chi connectivity index (χ4v) is 6.77. The molecule has 3 fully saturated rings. The molecule has 1 heterocycles. The molecule has 2 aromatic carbocycles. The molecule has 2 saturated carbocycles. The Morgan fingerprint density at radius 3 is 1.89 bits per heavy atom. The Kier molecular flexibility index (Phi) is 20.0. The van der Waals surface area contributed by atoms with Crippen LogP contribution in [0.25, 0.3) is 0 Å². The van der Waals surface area contributed by atoms with Gasteiger partial charge in [0.15, 0.2) is 0 Å². The second kappa shape index (κ2) is 23.2. The molecular weight excluding hydrogens is 545 g/mol. The fraction of sp³-hybridized carbons (Fsp3) is 0.675. The van der Waals surface area contributed by atoms with Crippen LogP contribution >= 0.6 is 0 Å². The zero-order chi connectivity index (χ0) is 32.0. The van der Waals surface area contributed by atoms with Crippen LogP contribution in [0.4, 0.5) is 4.39 Å². The molecule has 4 heteroatoms. The highest BCUT2D eigenvalue weighted by Gasteiger charge is 2.31. The number of halogens is 1. The normalized spacial score (nSPS) is 21.9. The highest BCUT2D eigenvalue weighted by atomic mass is 19.1. The van der Waals surface area contributed by atoms with Gasteiger partial charge < -0.3 is 10.0 Å². The van der Waals surface area contributed by atoms with Crippen molar-refractivity contribution >= 4 is 5.97 Å². The van der Waals surface area contributed by atoms with Gasteiger partial charge in [0.1, 0.15) is 5.82 Å². The number of unbranched alkanes of at least 4 members (excludes halogenated alkanes) is 2. The molecule has 1 N–H and O–H groups in total. The predicted molar refractivity (Wildman–Crippen MR) is 185 cm³/mol. The van der Waals surface area contributed by atoms with Gasteiger partial charge >= 0.3 is 5.97 Å². The Morgan fingerprint density at radius 1 is 0.841 bits per heavy atom. The number of hydrogen-bond donors (Lipinski definition) is 1. The summed E-state index contributed by atoms with van der Waals surface area (Å²) in [4.78, 5) is 12.6. The summed E-state index contributed by atoms with van der Waals surface area (Å²) in [7, 11) is 0. The van der Waals surface area contributed by atoms with Gasteiger partial charge in [-0.3, -0.25) is 4.79 Å². The molecule has 2 aliphatic carbocycles. The maximum atomic E-state index is 12.9. The molecule has 44 heavy (non-hydrogen) atoms. The molecule has 248 valence electrons. The molecule has 3 atom stereocenters. The van der Waals surface area contributed by atoms with Crippen LogP contribution in [-0.4, -0.2) is 35.6 Å². The number of nitrogens with zero attached hydrogens (tertiary/aromatic N) is 1. The Morgan fingerprint density at radius 2 is 1.45 bits per heavy atom. The summed E-state index contributed by atoms with van der Waals surface area (Å²) in [5.74, 6) is 4.01. The third kappa shape index (κ3) is 17.3. The van der Waals surface area contributed by atoms with Gasteiger partial charge in [0.2, 0.25) is 0 Å². The van der Waals surface area contributed by atoms with Crippen LogP contribution < -0.4 is 0 Å². The van der Waals surface area contributed by atoms with Gasteiger partial charge in [-0.2, -0.15) is 0 Å². The first kappa shape index (κ1) is 38.0. The lowest BCUT2D eigenvalue weighted by molar-refractivity contribution is -0.137. The summed E-state index contributed by atoms with van der Waals surface area (Å²) in [6.07, 6.45) is 18.5. The lowest BCUT2D eigenvalue weighted by atomic mass is 9.84. The molecule has 3 nitrogen and oxygen atoms in total. The van der Waals surface area contributed by atoms with E-state index >= 15 is 0 Å². The largest absolute Gasteiger partial charge is 0.481 e. The highest BCUT2D eigenvalue weighted by Crippen LogP contribution is 2.37. The molecule has 0 bridgehead atoms. The van der Waals surface area contributed by atoms with E-state index in [2.05, 4.69) is 32.6 Å². The van der Waals surface area contributed by atoms with Crippen LogP contribution in [0.2, 0.25) is 0 Å². The van der Waals surface area contributed by atoms with E-state index in [1.807, 2.05) is 48.5 Å². The smallest absolute Gasteiger partial charge is 0.303 e. The lowest BCUT2D eigenvalue weighted by Crippen LogP contribution is -2.37. The molecule has 0 radical (unpaired) electrons. The van der Waals surface area contributed by atoms with Crippen molar-refractivity contribution in [1.82, 2.24) is 4.90 Å². The van der Waals surface area contributed by atoms with Crippen molar-refractivity contribution in [3.63, 3.8) is 0 Å². The van der Waals surface area contributed by atoms with E-state index in [9.17, 15) is 9.18 Å². The lowest BCUT2D eigenvalue weighted by Gasteiger charge is -2.34. The topological polar surface area (TPSA) is 40.5 Å². The van der Waals surface area contributed by atoms with Crippen molar-refractivity contribution in [3.05, 3.63) is 72.0 Å². The maximum Gasteiger partial charge on any atom is 0.303 e. The van der Waals surface area contributed by atoms with Gasteiger partial charge in [0.05, 0.1) is 0 Å². The van der Waals surface area contributed by atoms with Crippen LogP contribution in [0.15, 0.2) is 60.7 Å². The van der Waals surface area contributed by atoms with Crippen molar-refractivity contribution < 1.29 is 14.3 Å². The second-order valence-electron chi connectivity index (χ2n) is 13.8. The van der Waals surface area contributed by atoms with Crippen molar-refractivity contribution in [2.45, 2.75) is 124 Å². The first-order valence-electron chi connectivity index (χ1n) is 18.0. The summed E-state index contributed by atoms with van der Waals surface area (Å²) in [6.45, 7) is 13.2. The SMILES string of the molecule is CC1CC(C)C(CN2CCC(CCCc3ccc(F)cc3)CC2)C1.CCC1CCC1.CCCCCC(=O)O.c1ccccc1. The quantitative estimate of drug-likeness (QED) is 0.258. The van der Waals surface area contributed by atoms with Crippen LogP contribution in [0.3, 0.4) is 0 Å². The molecule has 3 unspecified atom stereocenters. The minimum Gasteiger partial charge on any atom is -0.481 e. The molecule has 3 aliphatic rings. The molecule has 1 aliphatic heterocycles. The molecule has 0 aromatic heterocycles. The maximum absolute atomic E-state index is 12.9. The monoisotopic (exact) mass is 609 g/mol. The Labute approximate surface area is 270 Å². The summed E-state index contributed by atoms with van der Waals surface area (Å²) >= 11 is 0. The van der Waals surface area contributed by atoms with Crippen molar-refractivity contribution in [2.75, 3.05) is 19.6 Å². The molecular formula is C40H64FNO2. The Balaban J connectivity index is 0.000000272. The van der Waals surface area contributed by atoms with Gasteiger partial charge in [-0.1, -0.05) is 121 Å². The third-order valence-electron chi connectivity index (χ3n) is 9.94. The number of aliphatic carboxylic acids is 1. The van der Waals surface area contributed by atoms with Gasteiger partial charge in [-0.15, -0.1) is 0 Å². The zero-order valence-corrected chi connectivity index (χ0v) is 28.6. The molecule has 5 rings (SSSR count). The number of carbonyl (C=O) groups is 1. The second-order valence-corrected chi connectivity index (χ2v) is 13.8. The van der Waals surface area contributed by atoms with Crippen LogP contribution in [0, 0.1) is 35.4 Å². The van der Waals surface area contributed by atoms with E-state index in [-0.39, 0.29) is 5.82 Å². The van der Waals surface area contributed by atoms with Crippen LogP contribution in [-0.2, 0) is 11.2 Å². The number of likely N-dealkylation sites (tertiary alicyclic amines) is 1. The standard InChI is InChI=1S/C22H34FN.C6H12O2.C6H12.C6H6/c1-17-14-18(2)21(15-17)16-24-12-10-20(11-13-24)5-3-4-19-6-8-22(23)9-7-19;1-2-3-4-5-6(7)8;1-2-6-4-3-5-6;1-2-4-6-5-3-1/h6-9,17-18,20-21H,3-5,10-16H2,1-2H3;2-5H2,1H3,(H,7,8);6H,2-5H2,1H3;1-6H. The number of rotatable bonds is 11. The first-order chi connectivity index (χ1) is 21.3. The minimum absolute atomic E-state index is 0.128. The van der Waals surface area contributed by atoms with Crippen LogP contribution in [0.1, 0.15) is 123 Å². The van der Waals surface area contributed by atoms with Gasteiger partial charge in [0, 0.05) is 13.0 Å². The van der Waals surface area contributed by atoms with E-state index < -0.39 is 5.97 Å². The van der Waals surface area contributed by atoms with E-state index in [0.29, 0.717) is 6.42 Å². The first-order valence-corrected chi connectivity index (χ1v) is 18.0. The number of benzene rings is 2. The van der Waals surface area contributed by atoms with Gasteiger partial charge in [0.25, 0.3) is 0 Å². The molecule has 1 saturated heterocycles. The summed E-state index contributed by atoms with van der Waals surface area (Å²) in [5.41, 5.74) is 1.28. The zero-order valence-electron chi connectivity index (χ0n) is 28.6. The molecule has 2 aromatic rings. The number of aryl methyl sites for hydroxylation is 1. The summed E-state index contributed by atoms with van der Waals surface area (Å²) in [6, 6.07) is 19.0. The summed E-state index contributed by atoms with van der Waals surface area (Å²) in [5, 5.41) is 8.14. The molecule has 0 amide bonds. The average Bonchev–Trinajstić information content (AvgIpc) is 3.32. The highest BCUT2D eigenvalue weighted by molar-refractivity contribution is 5.66. The van der Waals surface area contributed by atoms with E-state index in [0.717, 1.165) is 55.3 Å². The number of hydrogen-bond acceptors (Lipinski definition) is 2. The van der Waals surface area contributed by atoms with Crippen molar-refractivity contribution in [3.8, 4) is 0 Å². The average molecular weight is 610 g/mol.